The summed E-state index contributed by atoms with van der Waals surface area (Å²) in [4.78, 5) is 2.34. The number of halogens is 1. The van der Waals surface area contributed by atoms with E-state index in [2.05, 4.69) is 15.3 Å². The molecular formula is C16H21FN4. The van der Waals surface area contributed by atoms with E-state index in [1.165, 1.54) is 19.3 Å². The van der Waals surface area contributed by atoms with Crippen LogP contribution in [0.3, 0.4) is 0 Å². The second-order valence-electron chi connectivity index (χ2n) is 5.58. The first kappa shape index (κ1) is 13.9. The maximum Gasteiger partial charge on any atom is 0.125 e. The number of anilines is 2. The van der Waals surface area contributed by atoms with Gasteiger partial charge in [-0.15, -0.1) is 0 Å². The van der Waals surface area contributed by atoms with Gasteiger partial charge < -0.3 is 10.2 Å². The molecule has 2 heterocycles. The number of nitrogens with one attached hydrogen (secondary N) is 1. The SMILES string of the molecule is Cn1cc(CNc2cc(F)ccc2N2CCCCC2)cn1. The number of rotatable bonds is 4. The summed E-state index contributed by atoms with van der Waals surface area (Å²) >= 11 is 0. The van der Waals surface area contributed by atoms with Crippen molar-refractivity contribution in [2.24, 2.45) is 7.05 Å². The molecular weight excluding hydrogens is 267 g/mol. The highest BCUT2D eigenvalue weighted by Gasteiger charge is 2.15. The smallest absolute Gasteiger partial charge is 0.125 e. The molecule has 0 spiro atoms. The summed E-state index contributed by atoms with van der Waals surface area (Å²) < 4.78 is 15.3. The first-order valence-electron chi connectivity index (χ1n) is 7.48. The molecule has 0 atom stereocenters. The minimum absolute atomic E-state index is 0.204. The summed E-state index contributed by atoms with van der Waals surface area (Å²) in [6.07, 6.45) is 7.49. The van der Waals surface area contributed by atoms with Crippen molar-refractivity contribution in [3.63, 3.8) is 0 Å². The van der Waals surface area contributed by atoms with E-state index in [9.17, 15) is 4.39 Å². The van der Waals surface area contributed by atoms with Gasteiger partial charge in [-0.25, -0.2) is 4.39 Å². The molecule has 112 valence electrons. The average Bonchev–Trinajstić information content (AvgIpc) is 2.92. The largest absolute Gasteiger partial charge is 0.379 e. The minimum atomic E-state index is -0.204. The number of aryl methyl sites for hydroxylation is 1. The van der Waals surface area contributed by atoms with E-state index < -0.39 is 0 Å². The quantitative estimate of drug-likeness (QED) is 0.938. The van der Waals surface area contributed by atoms with Crippen LogP contribution in [-0.4, -0.2) is 22.9 Å². The van der Waals surface area contributed by atoms with Gasteiger partial charge in [-0.3, -0.25) is 4.68 Å². The second-order valence-corrected chi connectivity index (χ2v) is 5.58. The lowest BCUT2D eigenvalue weighted by Crippen LogP contribution is -2.30. The van der Waals surface area contributed by atoms with Gasteiger partial charge in [0, 0.05) is 38.4 Å². The topological polar surface area (TPSA) is 33.1 Å². The summed E-state index contributed by atoms with van der Waals surface area (Å²) in [6.45, 7) is 2.75. The molecule has 0 saturated carbocycles. The molecule has 0 radical (unpaired) electrons. The second kappa shape index (κ2) is 6.16. The Labute approximate surface area is 124 Å². The Bertz CT molecular complexity index is 602. The number of hydrogen-bond acceptors (Lipinski definition) is 3. The van der Waals surface area contributed by atoms with Gasteiger partial charge in [-0.2, -0.15) is 5.10 Å². The zero-order valence-corrected chi connectivity index (χ0v) is 12.3. The Morgan fingerprint density at radius 1 is 1.24 bits per heavy atom. The number of aromatic nitrogens is 2. The van der Waals surface area contributed by atoms with Crippen molar-refractivity contribution < 1.29 is 4.39 Å². The highest BCUT2D eigenvalue weighted by molar-refractivity contribution is 5.70. The standard InChI is InChI=1S/C16H21FN4/c1-20-12-13(11-19-20)10-18-15-9-14(17)5-6-16(15)21-7-3-2-4-8-21/h5-6,9,11-12,18H,2-4,7-8,10H2,1H3. The summed E-state index contributed by atoms with van der Waals surface area (Å²) in [7, 11) is 1.89. The van der Waals surface area contributed by atoms with E-state index in [-0.39, 0.29) is 5.82 Å². The molecule has 0 aliphatic carbocycles. The van der Waals surface area contributed by atoms with Crippen molar-refractivity contribution in [3.8, 4) is 0 Å². The van der Waals surface area contributed by atoms with Crippen molar-refractivity contribution in [2.75, 3.05) is 23.3 Å². The van der Waals surface area contributed by atoms with Crippen LogP contribution >= 0.6 is 0 Å². The molecule has 2 aromatic rings. The fraction of sp³-hybridized carbons (Fsp3) is 0.438. The van der Waals surface area contributed by atoms with Crippen LogP contribution in [0.25, 0.3) is 0 Å². The predicted octanol–water partition coefficient (Wildman–Crippen LogP) is 3.16. The van der Waals surface area contributed by atoms with Gasteiger partial charge in [-0.05, 0) is 37.5 Å². The van der Waals surface area contributed by atoms with Crippen molar-refractivity contribution in [3.05, 3.63) is 42.0 Å². The van der Waals surface area contributed by atoms with Gasteiger partial charge >= 0.3 is 0 Å². The summed E-state index contributed by atoms with van der Waals surface area (Å²) in [6, 6.07) is 5.01. The van der Waals surface area contributed by atoms with Crippen LogP contribution in [0.2, 0.25) is 0 Å². The normalized spacial score (nSPS) is 15.2. The molecule has 1 aromatic heterocycles. The molecule has 3 rings (SSSR count). The lowest BCUT2D eigenvalue weighted by atomic mass is 10.1. The number of piperidine rings is 1. The van der Waals surface area contributed by atoms with Gasteiger partial charge in [0.25, 0.3) is 0 Å². The Hall–Kier alpha value is -2.04. The van der Waals surface area contributed by atoms with Crippen molar-refractivity contribution >= 4 is 11.4 Å². The predicted molar refractivity (Wildman–Crippen MR) is 83.0 cm³/mol. The highest BCUT2D eigenvalue weighted by atomic mass is 19.1. The van der Waals surface area contributed by atoms with Crippen molar-refractivity contribution in [1.29, 1.82) is 0 Å². The van der Waals surface area contributed by atoms with E-state index in [0.717, 1.165) is 30.0 Å². The highest BCUT2D eigenvalue weighted by Crippen LogP contribution is 2.29. The van der Waals surface area contributed by atoms with Crippen LogP contribution < -0.4 is 10.2 Å². The van der Waals surface area contributed by atoms with E-state index in [1.54, 1.807) is 16.8 Å². The third-order valence-electron chi connectivity index (χ3n) is 3.90. The van der Waals surface area contributed by atoms with E-state index in [1.807, 2.05) is 25.5 Å². The van der Waals surface area contributed by atoms with Gasteiger partial charge in [0.1, 0.15) is 5.82 Å². The average molecular weight is 288 g/mol. The molecule has 5 heteroatoms. The summed E-state index contributed by atoms with van der Waals surface area (Å²) in [5, 5.41) is 7.50. The van der Waals surface area contributed by atoms with E-state index in [0.29, 0.717) is 6.54 Å². The molecule has 0 amide bonds. The molecule has 21 heavy (non-hydrogen) atoms. The molecule has 1 aromatic carbocycles. The zero-order valence-electron chi connectivity index (χ0n) is 12.3. The molecule has 0 bridgehead atoms. The minimum Gasteiger partial charge on any atom is -0.379 e. The van der Waals surface area contributed by atoms with Crippen LogP contribution in [0, 0.1) is 5.82 Å². The third kappa shape index (κ3) is 3.35. The molecule has 1 fully saturated rings. The van der Waals surface area contributed by atoms with Crippen LogP contribution in [-0.2, 0) is 13.6 Å². The van der Waals surface area contributed by atoms with E-state index >= 15 is 0 Å². The molecule has 1 saturated heterocycles. The molecule has 1 N–H and O–H groups in total. The van der Waals surface area contributed by atoms with Gasteiger partial charge in [-0.1, -0.05) is 0 Å². The lowest BCUT2D eigenvalue weighted by molar-refractivity contribution is 0.577. The maximum absolute atomic E-state index is 13.6. The number of benzene rings is 1. The monoisotopic (exact) mass is 288 g/mol. The van der Waals surface area contributed by atoms with Crippen LogP contribution in [0.1, 0.15) is 24.8 Å². The first-order chi connectivity index (χ1) is 10.2. The van der Waals surface area contributed by atoms with Crippen LogP contribution in [0.15, 0.2) is 30.6 Å². The summed E-state index contributed by atoms with van der Waals surface area (Å²) in [5.41, 5.74) is 3.05. The van der Waals surface area contributed by atoms with Crippen molar-refractivity contribution in [1.82, 2.24) is 9.78 Å². The molecule has 1 aliphatic heterocycles. The van der Waals surface area contributed by atoms with Gasteiger partial charge in [0.05, 0.1) is 17.6 Å². The Morgan fingerprint density at radius 3 is 2.76 bits per heavy atom. The zero-order chi connectivity index (χ0) is 14.7. The van der Waals surface area contributed by atoms with E-state index in [4.69, 9.17) is 0 Å². The molecule has 4 nitrogen and oxygen atoms in total. The summed E-state index contributed by atoms with van der Waals surface area (Å²) in [5.74, 6) is -0.204. The van der Waals surface area contributed by atoms with Gasteiger partial charge in [0.15, 0.2) is 0 Å². The maximum atomic E-state index is 13.6. The Morgan fingerprint density at radius 2 is 2.05 bits per heavy atom. The number of hydrogen-bond donors (Lipinski definition) is 1. The fourth-order valence-corrected chi connectivity index (χ4v) is 2.82. The third-order valence-corrected chi connectivity index (χ3v) is 3.90. The van der Waals surface area contributed by atoms with Crippen LogP contribution in [0.4, 0.5) is 15.8 Å². The van der Waals surface area contributed by atoms with Gasteiger partial charge in [0.2, 0.25) is 0 Å². The lowest BCUT2D eigenvalue weighted by Gasteiger charge is -2.30. The number of nitrogens with zero attached hydrogens (tertiary/aromatic N) is 3. The molecule has 0 unspecified atom stereocenters. The molecule has 1 aliphatic rings. The van der Waals surface area contributed by atoms with Crippen LogP contribution in [0.5, 0.6) is 0 Å². The Kier molecular flexibility index (Phi) is 4.08. The first-order valence-corrected chi connectivity index (χ1v) is 7.48. The van der Waals surface area contributed by atoms with Crippen molar-refractivity contribution in [2.45, 2.75) is 25.8 Å². The Balaban J connectivity index is 1.77. The fourth-order valence-electron chi connectivity index (χ4n) is 2.82.